The summed E-state index contributed by atoms with van der Waals surface area (Å²) in [6, 6.07) is 0. The summed E-state index contributed by atoms with van der Waals surface area (Å²) in [6.45, 7) is 11.0. The molecule has 0 aliphatic rings. The molecule has 1 N–H and O–H groups in total. The molecule has 0 rings (SSSR count). The first kappa shape index (κ1) is 15.4. The number of nitrogens with one attached hydrogen (secondary N) is 1. The monoisotopic (exact) mass is 229 g/mol. The first-order chi connectivity index (χ1) is 7.52. The van der Waals surface area contributed by atoms with Crippen LogP contribution in [0, 0.1) is 11.8 Å². The van der Waals surface area contributed by atoms with Crippen molar-refractivity contribution >= 4 is 5.97 Å². The second-order valence-corrected chi connectivity index (χ2v) is 5.10. The van der Waals surface area contributed by atoms with Gasteiger partial charge in [-0.3, -0.25) is 4.79 Å². The molecule has 0 atom stereocenters. The van der Waals surface area contributed by atoms with E-state index in [4.69, 9.17) is 4.74 Å². The standard InChI is InChI=1S/C13H27NO2/c1-11(2)6-8-14-7-5-9-16-13(15)10-12(3)4/h11-12,14H,5-10H2,1-4H3. The Hall–Kier alpha value is -0.570. The van der Waals surface area contributed by atoms with Crippen molar-refractivity contribution in [3.05, 3.63) is 0 Å². The summed E-state index contributed by atoms with van der Waals surface area (Å²) in [5, 5.41) is 3.34. The number of ether oxygens (including phenoxy) is 1. The topological polar surface area (TPSA) is 38.3 Å². The fraction of sp³-hybridized carbons (Fsp3) is 0.923. The van der Waals surface area contributed by atoms with E-state index < -0.39 is 0 Å². The number of esters is 1. The molecule has 0 bridgehead atoms. The summed E-state index contributed by atoms with van der Waals surface area (Å²) in [5.41, 5.74) is 0. The van der Waals surface area contributed by atoms with Gasteiger partial charge >= 0.3 is 5.97 Å². The SMILES string of the molecule is CC(C)CCNCCCOC(=O)CC(C)C. The molecule has 0 saturated carbocycles. The predicted molar refractivity (Wildman–Crippen MR) is 67.4 cm³/mol. The van der Waals surface area contributed by atoms with Crippen LogP contribution in [0.5, 0.6) is 0 Å². The van der Waals surface area contributed by atoms with Gasteiger partial charge < -0.3 is 10.1 Å². The zero-order valence-corrected chi connectivity index (χ0v) is 11.2. The molecule has 16 heavy (non-hydrogen) atoms. The molecule has 0 heterocycles. The van der Waals surface area contributed by atoms with E-state index in [2.05, 4.69) is 19.2 Å². The minimum absolute atomic E-state index is 0.0721. The van der Waals surface area contributed by atoms with Crippen LogP contribution in [0.2, 0.25) is 0 Å². The van der Waals surface area contributed by atoms with Crippen LogP contribution < -0.4 is 5.32 Å². The average molecular weight is 229 g/mol. The average Bonchev–Trinajstić information content (AvgIpc) is 2.14. The van der Waals surface area contributed by atoms with Gasteiger partial charge in [0.15, 0.2) is 0 Å². The maximum Gasteiger partial charge on any atom is 0.306 e. The van der Waals surface area contributed by atoms with E-state index in [9.17, 15) is 4.79 Å². The van der Waals surface area contributed by atoms with Crippen LogP contribution in [-0.4, -0.2) is 25.7 Å². The van der Waals surface area contributed by atoms with Crippen LogP contribution in [0.4, 0.5) is 0 Å². The van der Waals surface area contributed by atoms with Crippen LogP contribution in [-0.2, 0) is 9.53 Å². The van der Waals surface area contributed by atoms with Crippen LogP contribution in [0.25, 0.3) is 0 Å². The summed E-state index contributed by atoms with van der Waals surface area (Å²) in [7, 11) is 0. The fourth-order valence-corrected chi connectivity index (χ4v) is 1.29. The molecule has 0 amide bonds. The molecule has 0 aromatic heterocycles. The Labute approximate surface area is 99.9 Å². The molecule has 0 radical (unpaired) electrons. The maximum absolute atomic E-state index is 11.2. The molecule has 3 nitrogen and oxygen atoms in total. The summed E-state index contributed by atoms with van der Waals surface area (Å²) >= 11 is 0. The third-order valence-electron chi connectivity index (χ3n) is 2.23. The number of carbonyl (C=O) groups is 1. The molecule has 96 valence electrons. The molecule has 0 aromatic rings. The van der Waals surface area contributed by atoms with Crippen molar-refractivity contribution in [1.29, 1.82) is 0 Å². The van der Waals surface area contributed by atoms with Crippen molar-refractivity contribution < 1.29 is 9.53 Å². The first-order valence-electron chi connectivity index (χ1n) is 6.38. The summed E-state index contributed by atoms with van der Waals surface area (Å²) in [5.74, 6) is 1.06. The van der Waals surface area contributed by atoms with Gasteiger partial charge in [0.2, 0.25) is 0 Å². The van der Waals surface area contributed by atoms with Gasteiger partial charge in [-0.25, -0.2) is 0 Å². The Kier molecular flexibility index (Phi) is 9.30. The van der Waals surface area contributed by atoms with Crippen LogP contribution in [0.1, 0.15) is 47.0 Å². The first-order valence-corrected chi connectivity index (χ1v) is 6.38. The minimum atomic E-state index is -0.0721. The van der Waals surface area contributed by atoms with Gasteiger partial charge in [0.1, 0.15) is 0 Å². The van der Waals surface area contributed by atoms with Gasteiger partial charge in [0.25, 0.3) is 0 Å². The van der Waals surface area contributed by atoms with Crippen molar-refractivity contribution in [3.8, 4) is 0 Å². The lowest BCUT2D eigenvalue weighted by Gasteiger charge is -2.08. The zero-order valence-electron chi connectivity index (χ0n) is 11.2. The lowest BCUT2D eigenvalue weighted by molar-refractivity contribution is -0.144. The molecule has 0 spiro atoms. The quantitative estimate of drug-likeness (QED) is 0.488. The number of carbonyl (C=O) groups excluding carboxylic acids is 1. The van der Waals surface area contributed by atoms with Crippen molar-refractivity contribution in [1.82, 2.24) is 5.32 Å². The number of hydrogen-bond donors (Lipinski definition) is 1. The smallest absolute Gasteiger partial charge is 0.306 e. The highest BCUT2D eigenvalue weighted by Gasteiger charge is 2.04. The lowest BCUT2D eigenvalue weighted by Crippen LogP contribution is -2.20. The molecule has 3 heteroatoms. The van der Waals surface area contributed by atoms with Crippen LogP contribution in [0.15, 0.2) is 0 Å². The predicted octanol–water partition coefficient (Wildman–Crippen LogP) is 2.60. The molecule has 0 fully saturated rings. The summed E-state index contributed by atoms with van der Waals surface area (Å²) in [4.78, 5) is 11.2. The zero-order chi connectivity index (χ0) is 12.4. The highest BCUT2D eigenvalue weighted by Crippen LogP contribution is 2.01. The maximum atomic E-state index is 11.2. The number of hydrogen-bond acceptors (Lipinski definition) is 3. The van der Waals surface area contributed by atoms with E-state index in [0.29, 0.717) is 18.9 Å². The minimum Gasteiger partial charge on any atom is -0.466 e. The normalized spacial score (nSPS) is 11.1. The van der Waals surface area contributed by atoms with Crippen LogP contribution in [0.3, 0.4) is 0 Å². The highest BCUT2D eigenvalue weighted by atomic mass is 16.5. The van der Waals surface area contributed by atoms with Gasteiger partial charge in [-0.1, -0.05) is 27.7 Å². The van der Waals surface area contributed by atoms with E-state index in [1.165, 1.54) is 6.42 Å². The second kappa shape index (κ2) is 9.64. The Morgan fingerprint density at radius 1 is 1.12 bits per heavy atom. The highest BCUT2D eigenvalue weighted by molar-refractivity contribution is 5.69. The lowest BCUT2D eigenvalue weighted by atomic mass is 10.1. The Balaban J connectivity index is 3.18. The molecule has 0 aromatic carbocycles. The van der Waals surface area contributed by atoms with E-state index in [1.54, 1.807) is 0 Å². The molecule has 0 aliphatic heterocycles. The van der Waals surface area contributed by atoms with E-state index in [1.807, 2.05) is 13.8 Å². The van der Waals surface area contributed by atoms with E-state index in [-0.39, 0.29) is 5.97 Å². The summed E-state index contributed by atoms with van der Waals surface area (Å²) < 4.78 is 5.10. The van der Waals surface area contributed by atoms with E-state index >= 15 is 0 Å². The third kappa shape index (κ3) is 11.5. The van der Waals surface area contributed by atoms with Crippen LogP contribution >= 0.6 is 0 Å². The van der Waals surface area contributed by atoms with Gasteiger partial charge in [-0.05, 0) is 37.8 Å². The van der Waals surface area contributed by atoms with E-state index in [0.717, 1.165) is 25.4 Å². The Morgan fingerprint density at radius 3 is 2.38 bits per heavy atom. The van der Waals surface area contributed by atoms with Gasteiger partial charge in [-0.15, -0.1) is 0 Å². The Bertz CT molecular complexity index is 179. The van der Waals surface area contributed by atoms with Crippen molar-refractivity contribution in [2.75, 3.05) is 19.7 Å². The van der Waals surface area contributed by atoms with Gasteiger partial charge in [0, 0.05) is 6.42 Å². The molecular formula is C13H27NO2. The number of rotatable bonds is 9. The second-order valence-electron chi connectivity index (χ2n) is 5.10. The molecular weight excluding hydrogens is 202 g/mol. The Morgan fingerprint density at radius 2 is 1.81 bits per heavy atom. The molecule has 0 unspecified atom stereocenters. The van der Waals surface area contributed by atoms with Gasteiger partial charge in [0.05, 0.1) is 6.61 Å². The molecule has 0 aliphatic carbocycles. The van der Waals surface area contributed by atoms with Crippen molar-refractivity contribution in [3.63, 3.8) is 0 Å². The largest absolute Gasteiger partial charge is 0.466 e. The van der Waals surface area contributed by atoms with Gasteiger partial charge in [-0.2, -0.15) is 0 Å². The molecule has 0 saturated heterocycles. The summed E-state index contributed by atoms with van der Waals surface area (Å²) in [6.07, 6.45) is 2.63. The van der Waals surface area contributed by atoms with Crippen molar-refractivity contribution in [2.45, 2.75) is 47.0 Å². The third-order valence-corrected chi connectivity index (χ3v) is 2.23. The fourth-order valence-electron chi connectivity index (χ4n) is 1.29. The van der Waals surface area contributed by atoms with Crippen molar-refractivity contribution in [2.24, 2.45) is 11.8 Å².